The number of ether oxygens (including phenoxy) is 2. The van der Waals surface area contributed by atoms with E-state index in [0.29, 0.717) is 31.1 Å². The van der Waals surface area contributed by atoms with Gasteiger partial charge in [-0.3, -0.25) is 9.59 Å². The summed E-state index contributed by atoms with van der Waals surface area (Å²) in [5.74, 6) is 1.48. The zero-order valence-electron chi connectivity index (χ0n) is 14.6. The molecule has 26 heavy (non-hydrogen) atoms. The van der Waals surface area contributed by atoms with Gasteiger partial charge >= 0.3 is 0 Å². The van der Waals surface area contributed by atoms with Crippen LogP contribution in [0.1, 0.15) is 37.2 Å². The van der Waals surface area contributed by atoms with E-state index in [1.54, 1.807) is 0 Å². The predicted molar refractivity (Wildman–Crippen MR) is 96.2 cm³/mol. The third-order valence-corrected chi connectivity index (χ3v) is 4.06. The van der Waals surface area contributed by atoms with Crippen molar-refractivity contribution in [2.75, 3.05) is 18.9 Å². The Kier molecular flexibility index (Phi) is 5.40. The molecule has 8 heteroatoms. The van der Waals surface area contributed by atoms with Gasteiger partial charge in [0.05, 0.1) is 25.7 Å². The Balaban J connectivity index is 1.71. The van der Waals surface area contributed by atoms with Crippen LogP contribution in [-0.4, -0.2) is 29.1 Å². The summed E-state index contributed by atoms with van der Waals surface area (Å²) in [6.07, 6.45) is 1.48. The van der Waals surface area contributed by atoms with E-state index in [2.05, 4.69) is 15.3 Å². The minimum atomic E-state index is -0.379. The van der Waals surface area contributed by atoms with Gasteiger partial charge in [-0.15, -0.1) is 0 Å². The van der Waals surface area contributed by atoms with E-state index in [1.165, 1.54) is 6.07 Å². The van der Waals surface area contributed by atoms with E-state index < -0.39 is 0 Å². The van der Waals surface area contributed by atoms with Crippen LogP contribution in [0.15, 0.2) is 29.1 Å². The average molecular weight is 358 g/mol. The lowest BCUT2D eigenvalue weighted by Crippen LogP contribution is -2.30. The summed E-state index contributed by atoms with van der Waals surface area (Å²) < 4.78 is 11.3. The zero-order valence-corrected chi connectivity index (χ0v) is 14.6. The highest BCUT2D eigenvalue weighted by Gasteiger charge is 2.18. The number of nitrogen functional groups attached to an aromatic ring is 1. The Morgan fingerprint density at radius 1 is 1.31 bits per heavy atom. The molecule has 1 amide bonds. The van der Waals surface area contributed by atoms with Crippen molar-refractivity contribution in [2.24, 2.45) is 0 Å². The number of carbonyl (C=O) groups is 1. The first-order chi connectivity index (χ1) is 12.5. The van der Waals surface area contributed by atoms with E-state index in [1.807, 2.05) is 25.1 Å². The number of amides is 1. The minimum absolute atomic E-state index is 0.0542. The number of rotatable bonds is 5. The number of anilines is 1. The lowest BCUT2D eigenvalue weighted by molar-refractivity contribution is -0.121. The van der Waals surface area contributed by atoms with Crippen LogP contribution in [0.3, 0.4) is 0 Å². The lowest BCUT2D eigenvalue weighted by Gasteiger charge is -2.19. The first kappa shape index (κ1) is 17.8. The molecule has 2 aromatic rings. The van der Waals surface area contributed by atoms with Gasteiger partial charge in [-0.2, -0.15) is 0 Å². The first-order valence-corrected chi connectivity index (χ1v) is 8.59. The number of hydrogen-bond donors (Lipinski definition) is 3. The topological polar surface area (TPSA) is 119 Å². The van der Waals surface area contributed by atoms with Crippen LogP contribution >= 0.6 is 0 Å². The maximum Gasteiger partial charge on any atom is 0.252 e. The van der Waals surface area contributed by atoms with Crippen molar-refractivity contribution >= 4 is 11.7 Å². The molecule has 3 rings (SSSR count). The summed E-state index contributed by atoms with van der Waals surface area (Å²) in [7, 11) is 0. The third-order valence-electron chi connectivity index (χ3n) is 4.06. The number of nitrogens with two attached hydrogens (primary N) is 1. The number of nitrogens with one attached hydrogen (secondary N) is 2. The van der Waals surface area contributed by atoms with E-state index >= 15 is 0 Å². The number of H-pyrrole nitrogens is 1. The Bertz CT molecular complexity index is 849. The van der Waals surface area contributed by atoms with Gasteiger partial charge in [-0.25, -0.2) is 4.98 Å². The molecule has 1 aromatic heterocycles. The summed E-state index contributed by atoms with van der Waals surface area (Å²) in [6.45, 7) is 3.22. The molecule has 0 saturated carbocycles. The van der Waals surface area contributed by atoms with Crippen LogP contribution in [0.4, 0.5) is 5.82 Å². The Hall–Kier alpha value is -3.03. The summed E-state index contributed by atoms with van der Waals surface area (Å²) >= 11 is 0. The minimum Gasteiger partial charge on any atom is -0.490 e. The molecule has 0 radical (unpaired) electrons. The van der Waals surface area contributed by atoms with Gasteiger partial charge in [0.25, 0.3) is 5.56 Å². The molecular formula is C18H22N4O4. The van der Waals surface area contributed by atoms with E-state index in [0.717, 1.165) is 12.0 Å². The van der Waals surface area contributed by atoms with Gasteiger partial charge in [0.1, 0.15) is 11.6 Å². The zero-order chi connectivity index (χ0) is 18.5. The molecule has 4 N–H and O–H groups in total. The quantitative estimate of drug-likeness (QED) is 0.742. The fraction of sp³-hybridized carbons (Fsp3) is 0.389. The molecule has 138 valence electrons. The van der Waals surface area contributed by atoms with Crippen molar-refractivity contribution < 1.29 is 14.3 Å². The van der Waals surface area contributed by atoms with Crippen LogP contribution in [-0.2, 0) is 11.2 Å². The number of hydrogen-bond acceptors (Lipinski definition) is 6. The Labute approximate surface area is 150 Å². The molecule has 2 heterocycles. The number of aromatic nitrogens is 2. The number of nitrogens with zero attached hydrogens (tertiary/aromatic N) is 1. The highest BCUT2D eigenvalue weighted by Crippen LogP contribution is 2.33. The average Bonchev–Trinajstić information content (AvgIpc) is 2.83. The molecule has 8 nitrogen and oxygen atoms in total. The van der Waals surface area contributed by atoms with Gasteiger partial charge in [-0.1, -0.05) is 13.0 Å². The number of aromatic amines is 1. The largest absolute Gasteiger partial charge is 0.490 e. The molecular weight excluding hydrogens is 336 g/mol. The second kappa shape index (κ2) is 7.90. The molecule has 0 aliphatic carbocycles. The molecule has 1 unspecified atom stereocenters. The molecule has 1 aliphatic rings. The van der Waals surface area contributed by atoms with E-state index in [9.17, 15) is 9.59 Å². The fourth-order valence-electron chi connectivity index (χ4n) is 2.83. The highest BCUT2D eigenvalue weighted by molar-refractivity contribution is 5.78. The van der Waals surface area contributed by atoms with Gasteiger partial charge in [0.2, 0.25) is 5.91 Å². The monoisotopic (exact) mass is 358 g/mol. The number of carbonyl (C=O) groups excluding carboxylic acids is 1. The maximum absolute atomic E-state index is 12.4. The van der Waals surface area contributed by atoms with Crippen molar-refractivity contribution in [3.8, 4) is 11.5 Å². The first-order valence-electron chi connectivity index (χ1n) is 8.59. The predicted octanol–water partition coefficient (Wildman–Crippen LogP) is 1.32. The summed E-state index contributed by atoms with van der Waals surface area (Å²) in [5, 5.41) is 2.95. The van der Waals surface area contributed by atoms with Crippen molar-refractivity contribution in [2.45, 2.75) is 32.2 Å². The molecule has 0 saturated heterocycles. The second-order valence-electron chi connectivity index (χ2n) is 6.08. The fourth-order valence-corrected chi connectivity index (χ4v) is 2.83. The Morgan fingerprint density at radius 3 is 2.81 bits per heavy atom. The summed E-state index contributed by atoms with van der Waals surface area (Å²) in [6, 6.07) is 6.67. The van der Waals surface area contributed by atoms with Crippen molar-refractivity contribution in [1.82, 2.24) is 15.3 Å². The van der Waals surface area contributed by atoms with Crippen LogP contribution in [0.5, 0.6) is 11.5 Å². The standard InChI is InChI=1S/C18H22N4O4/c1-2-12(11-4-5-13-14(8-11)26-7-3-6-25-13)20-18(24)10-16-21-15(19)9-17(23)22-16/h4-5,8-9,12H,2-3,6-7,10H2,1H3,(H,20,24)(H3,19,21,22,23). The smallest absolute Gasteiger partial charge is 0.252 e. The molecule has 1 aliphatic heterocycles. The SMILES string of the molecule is CCC(NC(=O)Cc1nc(N)cc(=O)[nH]1)c1ccc2c(c1)OCCCO2. The van der Waals surface area contributed by atoms with E-state index in [-0.39, 0.29) is 35.6 Å². The maximum atomic E-state index is 12.4. The number of fused-ring (bicyclic) bond motifs is 1. The molecule has 0 bridgehead atoms. The van der Waals surface area contributed by atoms with E-state index in [4.69, 9.17) is 15.2 Å². The highest BCUT2D eigenvalue weighted by atomic mass is 16.5. The number of benzene rings is 1. The van der Waals surface area contributed by atoms with Crippen LogP contribution < -0.4 is 26.1 Å². The van der Waals surface area contributed by atoms with Crippen molar-refractivity contribution in [3.05, 3.63) is 46.0 Å². The van der Waals surface area contributed by atoms with Crippen LogP contribution in [0.2, 0.25) is 0 Å². The normalized spacial score (nSPS) is 14.3. The van der Waals surface area contributed by atoms with Gasteiger partial charge in [0, 0.05) is 12.5 Å². The Morgan fingerprint density at radius 2 is 2.08 bits per heavy atom. The molecule has 0 fully saturated rings. The van der Waals surface area contributed by atoms with Gasteiger partial charge < -0.3 is 25.5 Å². The van der Waals surface area contributed by atoms with Crippen molar-refractivity contribution in [1.29, 1.82) is 0 Å². The van der Waals surface area contributed by atoms with Gasteiger partial charge in [-0.05, 0) is 24.1 Å². The van der Waals surface area contributed by atoms with Gasteiger partial charge in [0.15, 0.2) is 11.5 Å². The molecule has 1 aromatic carbocycles. The summed E-state index contributed by atoms with van der Waals surface area (Å²) in [4.78, 5) is 30.3. The third kappa shape index (κ3) is 4.33. The molecule has 0 spiro atoms. The molecule has 1 atom stereocenters. The van der Waals surface area contributed by atoms with Crippen molar-refractivity contribution in [3.63, 3.8) is 0 Å². The second-order valence-corrected chi connectivity index (χ2v) is 6.08. The lowest BCUT2D eigenvalue weighted by atomic mass is 10.0. The summed E-state index contributed by atoms with van der Waals surface area (Å²) in [5.41, 5.74) is 6.09. The van der Waals surface area contributed by atoms with Crippen LogP contribution in [0, 0.1) is 0 Å². The van der Waals surface area contributed by atoms with Crippen LogP contribution in [0.25, 0.3) is 0 Å².